The molecule has 0 saturated carbocycles. The van der Waals surface area contributed by atoms with Gasteiger partial charge in [-0.15, -0.1) is 11.8 Å². The standard InChI is InChI=1S/C24H21N5O2S.CH4/c1-28-22-17-8-5-11-25-18(17)9-10-21(22)32-14-20(24(28)31)27-23(30)19-13-29(15-26-19)12-16-6-3-2-4-7-16;/h2-11,13,15,20H,12,14H2,1H3,(H,27,30);1H4/t20-;/m0./s1. The third-order valence-corrected chi connectivity index (χ3v) is 6.61. The lowest BCUT2D eigenvalue weighted by molar-refractivity contribution is -0.119. The van der Waals surface area contributed by atoms with Crippen LogP contribution in [-0.4, -0.2) is 45.2 Å². The van der Waals surface area contributed by atoms with Crippen LogP contribution in [0.2, 0.25) is 0 Å². The molecular formula is C25H25N5O2S. The molecule has 1 N–H and O–H groups in total. The zero-order chi connectivity index (χ0) is 22.1. The van der Waals surface area contributed by atoms with E-state index < -0.39 is 6.04 Å². The number of nitrogens with zero attached hydrogens (tertiary/aromatic N) is 4. The van der Waals surface area contributed by atoms with E-state index in [1.807, 2.05) is 59.2 Å². The van der Waals surface area contributed by atoms with Crippen molar-refractivity contribution in [2.24, 2.45) is 0 Å². The normalized spacial score (nSPS) is 15.5. The van der Waals surface area contributed by atoms with E-state index in [1.165, 1.54) is 0 Å². The van der Waals surface area contributed by atoms with Gasteiger partial charge in [0, 0.05) is 42.0 Å². The summed E-state index contributed by atoms with van der Waals surface area (Å²) in [6, 6.07) is 17.1. The summed E-state index contributed by atoms with van der Waals surface area (Å²) < 4.78 is 1.86. The first kappa shape index (κ1) is 22.5. The number of hydrogen-bond donors (Lipinski definition) is 1. The zero-order valence-corrected chi connectivity index (χ0v) is 18.2. The van der Waals surface area contributed by atoms with Crippen LogP contribution in [0.3, 0.4) is 0 Å². The number of pyridine rings is 1. The number of carbonyl (C=O) groups is 2. The highest BCUT2D eigenvalue weighted by atomic mass is 32.2. The molecule has 0 fully saturated rings. The molecule has 168 valence electrons. The summed E-state index contributed by atoms with van der Waals surface area (Å²) in [5.74, 6) is -0.0791. The second kappa shape index (κ2) is 9.46. The third-order valence-electron chi connectivity index (χ3n) is 5.47. The van der Waals surface area contributed by atoms with Crippen LogP contribution in [0.25, 0.3) is 10.9 Å². The van der Waals surface area contributed by atoms with E-state index in [0.29, 0.717) is 12.3 Å². The average molecular weight is 460 g/mol. The fourth-order valence-electron chi connectivity index (χ4n) is 3.86. The van der Waals surface area contributed by atoms with Gasteiger partial charge in [-0.2, -0.15) is 0 Å². The van der Waals surface area contributed by atoms with Gasteiger partial charge in [0.05, 0.1) is 17.5 Å². The molecule has 2 aromatic carbocycles. The van der Waals surface area contributed by atoms with Crippen molar-refractivity contribution in [3.05, 3.63) is 84.6 Å². The number of rotatable bonds is 4. The first-order valence-corrected chi connectivity index (χ1v) is 11.2. The Morgan fingerprint density at radius 2 is 1.94 bits per heavy atom. The number of amides is 2. The van der Waals surface area contributed by atoms with Crippen molar-refractivity contribution < 1.29 is 9.59 Å². The maximum Gasteiger partial charge on any atom is 0.272 e. The van der Waals surface area contributed by atoms with E-state index in [-0.39, 0.29) is 24.9 Å². The summed E-state index contributed by atoms with van der Waals surface area (Å²) >= 11 is 1.55. The van der Waals surface area contributed by atoms with Gasteiger partial charge < -0.3 is 14.8 Å². The second-order valence-electron chi connectivity index (χ2n) is 7.63. The van der Waals surface area contributed by atoms with Crippen molar-refractivity contribution in [1.82, 2.24) is 19.9 Å². The average Bonchev–Trinajstić information content (AvgIpc) is 3.25. The van der Waals surface area contributed by atoms with Gasteiger partial charge in [0.2, 0.25) is 5.91 Å². The molecule has 1 atom stereocenters. The summed E-state index contributed by atoms with van der Waals surface area (Å²) in [6.07, 6.45) is 5.07. The van der Waals surface area contributed by atoms with Crippen molar-refractivity contribution in [3.63, 3.8) is 0 Å². The van der Waals surface area contributed by atoms with Crippen LogP contribution in [0.1, 0.15) is 23.5 Å². The lowest BCUT2D eigenvalue weighted by Crippen LogP contribution is -2.48. The van der Waals surface area contributed by atoms with Crippen molar-refractivity contribution in [2.45, 2.75) is 24.9 Å². The number of nitrogens with one attached hydrogen (secondary N) is 1. The van der Waals surface area contributed by atoms with Gasteiger partial charge in [-0.3, -0.25) is 14.6 Å². The molecule has 0 radical (unpaired) electrons. The fourth-order valence-corrected chi connectivity index (χ4v) is 4.98. The van der Waals surface area contributed by atoms with E-state index in [9.17, 15) is 9.59 Å². The molecule has 1 aliphatic heterocycles. The van der Waals surface area contributed by atoms with Crippen molar-refractivity contribution >= 4 is 40.2 Å². The Kier molecular flexibility index (Phi) is 6.46. The molecule has 2 amide bonds. The summed E-state index contributed by atoms with van der Waals surface area (Å²) in [4.78, 5) is 37.3. The quantitative estimate of drug-likeness (QED) is 0.499. The van der Waals surface area contributed by atoms with Crippen LogP contribution in [0.15, 0.2) is 78.2 Å². The molecule has 0 spiro atoms. The summed E-state index contributed by atoms with van der Waals surface area (Å²) in [6.45, 7) is 0.623. The number of benzene rings is 2. The second-order valence-corrected chi connectivity index (χ2v) is 8.70. The number of anilines is 1. The zero-order valence-electron chi connectivity index (χ0n) is 17.4. The Morgan fingerprint density at radius 3 is 2.76 bits per heavy atom. The highest BCUT2D eigenvalue weighted by Gasteiger charge is 2.31. The number of thioether (sulfide) groups is 1. The van der Waals surface area contributed by atoms with Gasteiger partial charge in [0.25, 0.3) is 5.91 Å². The Morgan fingerprint density at radius 1 is 1.12 bits per heavy atom. The van der Waals surface area contributed by atoms with Crippen LogP contribution in [0.5, 0.6) is 0 Å². The molecule has 2 aromatic heterocycles. The minimum Gasteiger partial charge on any atom is -0.338 e. The molecule has 0 saturated heterocycles. The van der Waals surface area contributed by atoms with Crippen molar-refractivity contribution in [1.29, 1.82) is 0 Å². The highest BCUT2D eigenvalue weighted by molar-refractivity contribution is 7.99. The van der Waals surface area contributed by atoms with Crippen LogP contribution < -0.4 is 10.2 Å². The van der Waals surface area contributed by atoms with E-state index in [1.54, 1.807) is 42.4 Å². The van der Waals surface area contributed by atoms with E-state index in [2.05, 4.69) is 15.3 Å². The van der Waals surface area contributed by atoms with Gasteiger partial charge in [-0.25, -0.2) is 4.98 Å². The molecule has 8 heteroatoms. The minimum atomic E-state index is -0.657. The molecule has 4 aromatic rings. The molecule has 0 aliphatic carbocycles. The number of fused-ring (bicyclic) bond motifs is 3. The number of carbonyl (C=O) groups excluding carboxylic acids is 2. The van der Waals surface area contributed by atoms with E-state index >= 15 is 0 Å². The topological polar surface area (TPSA) is 80.1 Å². The maximum atomic E-state index is 13.2. The SMILES string of the molecule is C.CN1C(=O)[C@@H](NC(=O)c2cn(Cc3ccccc3)cn2)CSc2ccc3ncccc3c21. The molecule has 0 bridgehead atoms. The van der Waals surface area contributed by atoms with Gasteiger partial charge in [-0.05, 0) is 29.8 Å². The predicted molar refractivity (Wildman–Crippen MR) is 132 cm³/mol. The Labute approximate surface area is 196 Å². The lowest BCUT2D eigenvalue weighted by atomic mass is 10.1. The summed E-state index contributed by atoms with van der Waals surface area (Å²) in [7, 11) is 1.74. The largest absolute Gasteiger partial charge is 0.338 e. The minimum absolute atomic E-state index is 0. The smallest absolute Gasteiger partial charge is 0.272 e. The van der Waals surface area contributed by atoms with Gasteiger partial charge in [-0.1, -0.05) is 37.8 Å². The highest BCUT2D eigenvalue weighted by Crippen LogP contribution is 2.38. The molecule has 5 rings (SSSR count). The molecule has 1 aliphatic rings. The summed E-state index contributed by atoms with van der Waals surface area (Å²) in [5, 5.41) is 3.79. The fraction of sp³-hybridized carbons (Fsp3) is 0.200. The van der Waals surface area contributed by atoms with Gasteiger partial charge >= 0.3 is 0 Å². The molecule has 3 heterocycles. The third kappa shape index (κ3) is 4.47. The Hall–Kier alpha value is -3.65. The number of aromatic nitrogens is 3. The predicted octanol–water partition coefficient (Wildman–Crippen LogP) is 3.98. The lowest BCUT2D eigenvalue weighted by Gasteiger charge is -2.22. The van der Waals surface area contributed by atoms with Gasteiger partial charge in [0.15, 0.2) is 0 Å². The number of likely N-dealkylation sites (N-methyl/N-ethyl adjacent to an activating group) is 1. The van der Waals surface area contributed by atoms with Crippen LogP contribution in [0.4, 0.5) is 5.69 Å². The monoisotopic (exact) mass is 459 g/mol. The van der Waals surface area contributed by atoms with Crippen LogP contribution in [0, 0.1) is 0 Å². The molecular weight excluding hydrogens is 434 g/mol. The van der Waals surface area contributed by atoms with Crippen molar-refractivity contribution in [3.8, 4) is 0 Å². The van der Waals surface area contributed by atoms with Crippen LogP contribution >= 0.6 is 11.8 Å². The summed E-state index contributed by atoms with van der Waals surface area (Å²) in [5.41, 5.74) is 3.07. The Balaban J connectivity index is 0.00000259. The maximum absolute atomic E-state index is 13.2. The molecule has 0 unspecified atom stereocenters. The van der Waals surface area contributed by atoms with Gasteiger partial charge in [0.1, 0.15) is 11.7 Å². The first-order chi connectivity index (χ1) is 15.6. The first-order valence-electron chi connectivity index (χ1n) is 10.2. The van der Waals surface area contributed by atoms with E-state index in [4.69, 9.17) is 0 Å². The molecule has 7 nitrogen and oxygen atoms in total. The van der Waals surface area contributed by atoms with Crippen molar-refractivity contribution in [2.75, 3.05) is 17.7 Å². The Bertz CT molecular complexity index is 1300. The van der Waals surface area contributed by atoms with E-state index in [0.717, 1.165) is 27.0 Å². The van der Waals surface area contributed by atoms with Crippen LogP contribution in [-0.2, 0) is 11.3 Å². The number of imidazole rings is 1. The molecule has 33 heavy (non-hydrogen) atoms. The number of hydrogen-bond acceptors (Lipinski definition) is 5.